The monoisotopic (exact) mass is 268 g/mol. The minimum atomic E-state index is 0. The summed E-state index contributed by atoms with van der Waals surface area (Å²) in [5, 5.41) is 6.17. The molecule has 18 heavy (non-hydrogen) atoms. The fourth-order valence-corrected chi connectivity index (χ4v) is 2.07. The molecule has 0 aliphatic carbocycles. The summed E-state index contributed by atoms with van der Waals surface area (Å²) in [6.45, 7) is 6.08. The van der Waals surface area contributed by atoms with Gasteiger partial charge in [0.25, 0.3) is 0 Å². The molecule has 1 aliphatic heterocycles. The molecule has 1 saturated heterocycles. The van der Waals surface area contributed by atoms with E-state index in [0.717, 1.165) is 25.2 Å². The highest BCUT2D eigenvalue weighted by molar-refractivity contribution is 5.92. The van der Waals surface area contributed by atoms with Crippen molar-refractivity contribution in [3.63, 3.8) is 0 Å². The molecule has 2 N–H and O–H groups in total. The van der Waals surface area contributed by atoms with Crippen molar-refractivity contribution in [2.75, 3.05) is 18.4 Å². The number of halogens is 1. The van der Waals surface area contributed by atoms with Crippen molar-refractivity contribution in [1.29, 1.82) is 0 Å². The molecule has 1 heterocycles. The van der Waals surface area contributed by atoms with Crippen molar-refractivity contribution in [3.8, 4) is 0 Å². The second-order valence-electron chi connectivity index (χ2n) is 4.96. The summed E-state index contributed by atoms with van der Waals surface area (Å²) in [4.78, 5) is 11.9. The third kappa shape index (κ3) is 3.72. The van der Waals surface area contributed by atoms with E-state index < -0.39 is 0 Å². The summed E-state index contributed by atoms with van der Waals surface area (Å²) < 4.78 is 0. The number of anilines is 1. The lowest BCUT2D eigenvalue weighted by Crippen LogP contribution is -2.24. The van der Waals surface area contributed by atoms with E-state index in [1.54, 1.807) is 0 Å². The fourth-order valence-electron chi connectivity index (χ4n) is 2.07. The summed E-state index contributed by atoms with van der Waals surface area (Å²) in [7, 11) is 0. The number of amides is 1. The van der Waals surface area contributed by atoms with Crippen molar-refractivity contribution < 1.29 is 4.79 Å². The Morgan fingerprint density at radius 1 is 1.33 bits per heavy atom. The third-order valence-electron chi connectivity index (χ3n) is 3.28. The molecule has 0 radical (unpaired) electrons. The quantitative estimate of drug-likeness (QED) is 0.885. The average Bonchev–Trinajstić information content (AvgIpc) is 2.83. The van der Waals surface area contributed by atoms with Crippen LogP contribution in [0.25, 0.3) is 0 Å². The van der Waals surface area contributed by atoms with Crippen LogP contribution in [0.4, 0.5) is 5.69 Å². The molecule has 1 aromatic carbocycles. The maximum atomic E-state index is 11.9. The summed E-state index contributed by atoms with van der Waals surface area (Å²) in [6, 6.07) is 8.12. The molecular formula is C14H21ClN2O. The minimum absolute atomic E-state index is 0. The molecule has 1 aromatic rings. The highest BCUT2D eigenvalue weighted by Gasteiger charge is 2.22. The van der Waals surface area contributed by atoms with Gasteiger partial charge in [-0.15, -0.1) is 12.4 Å². The van der Waals surface area contributed by atoms with Gasteiger partial charge in [0, 0.05) is 12.2 Å². The van der Waals surface area contributed by atoms with Crippen LogP contribution in [-0.2, 0) is 4.79 Å². The molecule has 0 saturated carbocycles. The number of hydrogen-bond acceptors (Lipinski definition) is 2. The SMILES string of the molecule is CC(C)c1ccc(NC(=O)C2CCNC2)cc1.Cl. The molecule has 1 atom stereocenters. The lowest BCUT2D eigenvalue weighted by molar-refractivity contribution is -0.119. The Labute approximate surface area is 115 Å². The Kier molecular flexibility index (Phi) is 5.63. The molecule has 1 amide bonds. The van der Waals surface area contributed by atoms with Crippen LogP contribution in [0.5, 0.6) is 0 Å². The van der Waals surface area contributed by atoms with Gasteiger partial charge in [-0.1, -0.05) is 26.0 Å². The van der Waals surface area contributed by atoms with E-state index >= 15 is 0 Å². The predicted molar refractivity (Wildman–Crippen MR) is 77.4 cm³/mol. The van der Waals surface area contributed by atoms with Gasteiger partial charge in [-0.25, -0.2) is 0 Å². The molecule has 1 fully saturated rings. The third-order valence-corrected chi connectivity index (χ3v) is 3.28. The van der Waals surface area contributed by atoms with Crippen LogP contribution in [0.15, 0.2) is 24.3 Å². The molecular weight excluding hydrogens is 248 g/mol. The number of hydrogen-bond donors (Lipinski definition) is 2. The van der Waals surface area contributed by atoms with Gasteiger partial charge in [0.2, 0.25) is 5.91 Å². The molecule has 0 spiro atoms. The van der Waals surface area contributed by atoms with Gasteiger partial charge in [-0.2, -0.15) is 0 Å². The van der Waals surface area contributed by atoms with E-state index in [1.165, 1.54) is 5.56 Å². The smallest absolute Gasteiger partial charge is 0.228 e. The average molecular weight is 269 g/mol. The van der Waals surface area contributed by atoms with Gasteiger partial charge in [0.15, 0.2) is 0 Å². The number of carbonyl (C=O) groups is 1. The van der Waals surface area contributed by atoms with Crippen LogP contribution in [0.1, 0.15) is 31.7 Å². The number of rotatable bonds is 3. The van der Waals surface area contributed by atoms with Crippen LogP contribution in [0.2, 0.25) is 0 Å². The van der Waals surface area contributed by atoms with E-state index in [2.05, 4.69) is 36.6 Å². The van der Waals surface area contributed by atoms with E-state index in [9.17, 15) is 4.79 Å². The molecule has 1 unspecified atom stereocenters. The maximum absolute atomic E-state index is 11.9. The Hall–Kier alpha value is -1.06. The van der Waals surface area contributed by atoms with Gasteiger partial charge in [0.05, 0.1) is 5.92 Å². The molecule has 0 aromatic heterocycles. The molecule has 3 nitrogen and oxygen atoms in total. The second-order valence-corrected chi connectivity index (χ2v) is 4.96. The van der Waals surface area contributed by atoms with Crippen molar-refractivity contribution in [2.45, 2.75) is 26.2 Å². The molecule has 2 rings (SSSR count). The van der Waals surface area contributed by atoms with Crippen LogP contribution in [0.3, 0.4) is 0 Å². The highest BCUT2D eigenvalue weighted by atomic mass is 35.5. The van der Waals surface area contributed by atoms with Crippen molar-refractivity contribution in [2.24, 2.45) is 5.92 Å². The van der Waals surface area contributed by atoms with Crippen molar-refractivity contribution in [1.82, 2.24) is 5.32 Å². The van der Waals surface area contributed by atoms with E-state index in [1.807, 2.05) is 12.1 Å². The van der Waals surface area contributed by atoms with E-state index in [4.69, 9.17) is 0 Å². The maximum Gasteiger partial charge on any atom is 0.228 e. The standard InChI is InChI=1S/C14H20N2O.ClH/c1-10(2)11-3-5-13(6-4-11)16-14(17)12-7-8-15-9-12;/h3-6,10,12,15H,7-9H2,1-2H3,(H,16,17);1H. The van der Waals surface area contributed by atoms with Gasteiger partial charge < -0.3 is 10.6 Å². The Morgan fingerprint density at radius 3 is 2.50 bits per heavy atom. The lowest BCUT2D eigenvalue weighted by Gasteiger charge is -2.11. The lowest BCUT2D eigenvalue weighted by atomic mass is 10.0. The van der Waals surface area contributed by atoms with Gasteiger partial charge in [-0.05, 0) is 36.6 Å². The summed E-state index contributed by atoms with van der Waals surface area (Å²) in [5.41, 5.74) is 2.19. The van der Waals surface area contributed by atoms with E-state index in [0.29, 0.717) is 5.92 Å². The van der Waals surface area contributed by atoms with Crippen LogP contribution in [-0.4, -0.2) is 19.0 Å². The number of carbonyl (C=O) groups excluding carboxylic acids is 1. The highest BCUT2D eigenvalue weighted by Crippen LogP contribution is 2.18. The Morgan fingerprint density at radius 2 is 2.00 bits per heavy atom. The van der Waals surface area contributed by atoms with Crippen molar-refractivity contribution >= 4 is 24.0 Å². The minimum Gasteiger partial charge on any atom is -0.326 e. The number of nitrogens with one attached hydrogen (secondary N) is 2. The molecule has 100 valence electrons. The first-order valence-electron chi connectivity index (χ1n) is 6.28. The second kappa shape index (κ2) is 6.76. The molecule has 0 bridgehead atoms. The fraction of sp³-hybridized carbons (Fsp3) is 0.500. The molecule has 1 aliphatic rings. The van der Waals surface area contributed by atoms with Gasteiger partial charge in [-0.3, -0.25) is 4.79 Å². The Balaban J connectivity index is 0.00000162. The van der Waals surface area contributed by atoms with E-state index in [-0.39, 0.29) is 24.2 Å². The van der Waals surface area contributed by atoms with Crippen LogP contribution in [0, 0.1) is 5.92 Å². The first-order chi connectivity index (χ1) is 8.16. The van der Waals surface area contributed by atoms with Crippen LogP contribution < -0.4 is 10.6 Å². The van der Waals surface area contributed by atoms with Gasteiger partial charge in [0.1, 0.15) is 0 Å². The first-order valence-corrected chi connectivity index (χ1v) is 6.28. The predicted octanol–water partition coefficient (Wildman–Crippen LogP) is 2.78. The zero-order valence-corrected chi connectivity index (χ0v) is 11.7. The zero-order valence-electron chi connectivity index (χ0n) is 10.9. The Bertz CT molecular complexity index is 383. The zero-order chi connectivity index (χ0) is 12.3. The summed E-state index contributed by atoms with van der Waals surface area (Å²) >= 11 is 0. The van der Waals surface area contributed by atoms with Gasteiger partial charge >= 0.3 is 0 Å². The molecule has 4 heteroatoms. The largest absolute Gasteiger partial charge is 0.326 e. The van der Waals surface area contributed by atoms with Crippen LogP contribution >= 0.6 is 12.4 Å². The number of benzene rings is 1. The normalized spacial score (nSPS) is 18.5. The first kappa shape index (κ1) is 15.0. The summed E-state index contributed by atoms with van der Waals surface area (Å²) in [6.07, 6.45) is 0.940. The topological polar surface area (TPSA) is 41.1 Å². The summed E-state index contributed by atoms with van der Waals surface area (Å²) in [5.74, 6) is 0.783. The van der Waals surface area contributed by atoms with Crippen molar-refractivity contribution in [3.05, 3.63) is 29.8 Å².